The number of benzene rings is 1. The molecule has 1 aromatic rings. The monoisotopic (exact) mass is 256 g/mol. The van der Waals surface area contributed by atoms with E-state index in [1.807, 2.05) is 0 Å². The number of carbonyl (C=O) groups is 1. The molecule has 0 aromatic heterocycles. The molecule has 0 saturated carbocycles. The standard InChI is InChI=1S/C13H11F3O2/c1-9(3-2-4-12(17)18)10-5-7-11(8-6-10)13(14,15)16/h2-8H,1H3,(H,17,18). The Morgan fingerprint density at radius 3 is 2.22 bits per heavy atom. The molecule has 96 valence electrons. The van der Waals surface area contributed by atoms with Crippen LogP contribution in [0.4, 0.5) is 13.2 Å². The third kappa shape index (κ3) is 4.08. The van der Waals surface area contributed by atoms with Crippen LogP contribution in [0.2, 0.25) is 0 Å². The van der Waals surface area contributed by atoms with Crippen LogP contribution in [-0.4, -0.2) is 11.1 Å². The molecule has 1 aromatic carbocycles. The lowest BCUT2D eigenvalue weighted by atomic mass is 10.0. The van der Waals surface area contributed by atoms with Gasteiger partial charge in [0, 0.05) is 6.08 Å². The minimum Gasteiger partial charge on any atom is -0.478 e. The summed E-state index contributed by atoms with van der Waals surface area (Å²) in [6.45, 7) is 1.69. The second-order valence-electron chi connectivity index (χ2n) is 3.62. The number of carboxylic acids is 1. The third-order valence-corrected chi connectivity index (χ3v) is 2.25. The van der Waals surface area contributed by atoms with Gasteiger partial charge < -0.3 is 5.11 Å². The molecule has 18 heavy (non-hydrogen) atoms. The first-order chi connectivity index (χ1) is 8.30. The maximum absolute atomic E-state index is 12.3. The molecule has 0 atom stereocenters. The van der Waals surface area contributed by atoms with Crippen molar-refractivity contribution in [1.82, 2.24) is 0 Å². The number of halogens is 3. The van der Waals surface area contributed by atoms with E-state index in [1.165, 1.54) is 24.3 Å². The van der Waals surface area contributed by atoms with Crippen LogP contribution in [-0.2, 0) is 11.0 Å². The quantitative estimate of drug-likeness (QED) is 0.660. The SMILES string of the molecule is CC(=CC=CC(=O)O)c1ccc(C(F)(F)F)cc1. The number of carboxylic acid groups (broad SMARTS) is 1. The van der Waals surface area contributed by atoms with E-state index in [0.717, 1.165) is 18.2 Å². The van der Waals surface area contributed by atoms with Gasteiger partial charge in [-0.25, -0.2) is 4.79 Å². The van der Waals surface area contributed by atoms with Gasteiger partial charge in [-0.15, -0.1) is 0 Å². The number of hydrogen-bond acceptors (Lipinski definition) is 1. The van der Waals surface area contributed by atoms with Crippen molar-refractivity contribution >= 4 is 11.5 Å². The first-order valence-corrected chi connectivity index (χ1v) is 5.06. The van der Waals surface area contributed by atoms with Crippen LogP contribution in [0.25, 0.3) is 5.57 Å². The van der Waals surface area contributed by atoms with Crippen LogP contribution in [0.15, 0.2) is 42.5 Å². The molecule has 0 aliphatic heterocycles. The first kappa shape index (κ1) is 14.0. The normalized spacial score (nSPS) is 13.0. The molecular formula is C13H11F3O2. The molecule has 0 unspecified atom stereocenters. The minimum atomic E-state index is -4.35. The molecule has 0 radical (unpaired) electrons. The van der Waals surface area contributed by atoms with Gasteiger partial charge in [0.1, 0.15) is 0 Å². The van der Waals surface area contributed by atoms with Gasteiger partial charge in [0.05, 0.1) is 5.56 Å². The summed E-state index contributed by atoms with van der Waals surface area (Å²) >= 11 is 0. The molecule has 0 amide bonds. The summed E-state index contributed by atoms with van der Waals surface area (Å²) in [5.41, 5.74) is 0.583. The van der Waals surface area contributed by atoms with E-state index in [-0.39, 0.29) is 0 Å². The molecule has 0 saturated heterocycles. The van der Waals surface area contributed by atoms with Gasteiger partial charge in [-0.3, -0.25) is 0 Å². The average molecular weight is 256 g/mol. The van der Waals surface area contributed by atoms with Crippen LogP contribution in [0, 0.1) is 0 Å². The predicted octanol–water partition coefficient (Wildman–Crippen LogP) is 3.75. The van der Waals surface area contributed by atoms with Crippen molar-refractivity contribution in [3.8, 4) is 0 Å². The number of alkyl halides is 3. The largest absolute Gasteiger partial charge is 0.478 e. The average Bonchev–Trinajstić information content (AvgIpc) is 2.27. The molecule has 5 heteroatoms. The summed E-state index contributed by atoms with van der Waals surface area (Å²) in [5, 5.41) is 8.38. The van der Waals surface area contributed by atoms with E-state index in [4.69, 9.17) is 5.11 Å². The number of aliphatic carboxylic acids is 1. The molecule has 1 rings (SSSR count). The lowest BCUT2D eigenvalue weighted by Gasteiger charge is -2.07. The minimum absolute atomic E-state index is 0.609. The summed E-state index contributed by atoms with van der Waals surface area (Å²) in [7, 11) is 0. The summed E-state index contributed by atoms with van der Waals surface area (Å²) in [6, 6.07) is 4.69. The van der Waals surface area contributed by atoms with Crippen molar-refractivity contribution < 1.29 is 23.1 Å². The molecule has 0 aliphatic carbocycles. The first-order valence-electron chi connectivity index (χ1n) is 5.06. The topological polar surface area (TPSA) is 37.3 Å². The lowest BCUT2D eigenvalue weighted by molar-refractivity contribution is -0.137. The van der Waals surface area contributed by atoms with Crippen LogP contribution in [0.5, 0.6) is 0 Å². The fraction of sp³-hybridized carbons (Fsp3) is 0.154. The van der Waals surface area contributed by atoms with E-state index in [2.05, 4.69) is 0 Å². The van der Waals surface area contributed by atoms with Crippen molar-refractivity contribution in [1.29, 1.82) is 0 Å². The Hall–Kier alpha value is -2.04. The van der Waals surface area contributed by atoms with Crippen molar-refractivity contribution in [3.63, 3.8) is 0 Å². The highest BCUT2D eigenvalue weighted by Crippen LogP contribution is 2.29. The summed E-state index contributed by atoms with van der Waals surface area (Å²) in [5.74, 6) is -1.08. The number of hydrogen-bond donors (Lipinski definition) is 1. The molecule has 0 spiro atoms. The Bertz CT molecular complexity index is 482. The molecule has 2 nitrogen and oxygen atoms in total. The van der Waals surface area contributed by atoms with Crippen LogP contribution < -0.4 is 0 Å². The second-order valence-corrected chi connectivity index (χ2v) is 3.62. The molecule has 0 aliphatic rings. The number of rotatable bonds is 3. The summed E-state index contributed by atoms with van der Waals surface area (Å²) < 4.78 is 37.0. The van der Waals surface area contributed by atoms with Crippen LogP contribution in [0.1, 0.15) is 18.1 Å². The zero-order valence-corrected chi connectivity index (χ0v) is 9.53. The van der Waals surface area contributed by atoms with Gasteiger partial charge in [0.25, 0.3) is 0 Å². The van der Waals surface area contributed by atoms with Crippen LogP contribution >= 0.6 is 0 Å². The summed E-state index contributed by atoms with van der Waals surface area (Å²) in [6.07, 6.45) is -0.543. The van der Waals surface area contributed by atoms with Gasteiger partial charge in [-0.05, 0) is 30.2 Å². The lowest BCUT2D eigenvalue weighted by Crippen LogP contribution is -2.04. The Balaban J connectivity index is 2.89. The van der Waals surface area contributed by atoms with E-state index in [1.54, 1.807) is 6.92 Å². The molecule has 0 bridgehead atoms. The third-order valence-electron chi connectivity index (χ3n) is 2.25. The summed E-state index contributed by atoms with van der Waals surface area (Å²) in [4.78, 5) is 10.2. The van der Waals surface area contributed by atoms with Gasteiger partial charge in [0.2, 0.25) is 0 Å². The maximum atomic E-state index is 12.3. The van der Waals surface area contributed by atoms with Gasteiger partial charge in [0.15, 0.2) is 0 Å². The van der Waals surface area contributed by atoms with Crippen molar-refractivity contribution in [2.45, 2.75) is 13.1 Å². The smallest absolute Gasteiger partial charge is 0.416 e. The van der Waals surface area contributed by atoms with E-state index in [9.17, 15) is 18.0 Å². The Kier molecular flexibility index (Phi) is 4.31. The second kappa shape index (κ2) is 5.53. The highest BCUT2D eigenvalue weighted by atomic mass is 19.4. The molecule has 0 heterocycles. The van der Waals surface area contributed by atoms with Crippen LogP contribution in [0.3, 0.4) is 0 Å². The van der Waals surface area contributed by atoms with Gasteiger partial charge in [-0.2, -0.15) is 13.2 Å². The van der Waals surface area contributed by atoms with Gasteiger partial charge >= 0.3 is 12.1 Å². The Morgan fingerprint density at radius 2 is 1.78 bits per heavy atom. The maximum Gasteiger partial charge on any atom is 0.416 e. The Labute approximate surface area is 102 Å². The molecule has 1 N–H and O–H groups in total. The van der Waals surface area contributed by atoms with Crippen molar-refractivity contribution in [3.05, 3.63) is 53.6 Å². The highest BCUT2D eigenvalue weighted by Gasteiger charge is 2.29. The van der Waals surface area contributed by atoms with Crippen molar-refractivity contribution in [2.24, 2.45) is 0 Å². The van der Waals surface area contributed by atoms with E-state index >= 15 is 0 Å². The zero-order valence-electron chi connectivity index (χ0n) is 9.53. The molecule has 0 fully saturated rings. The van der Waals surface area contributed by atoms with E-state index in [0.29, 0.717) is 11.1 Å². The predicted molar refractivity (Wildman–Crippen MR) is 61.9 cm³/mol. The zero-order chi connectivity index (χ0) is 13.8. The number of allylic oxidation sites excluding steroid dienone is 3. The van der Waals surface area contributed by atoms with Crippen molar-refractivity contribution in [2.75, 3.05) is 0 Å². The fourth-order valence-electron chi connectivity index (χ4n) is 1.29. The fourth-order valence-corrected chi connectivity index (χ4v) is 1.29. The van der Waals surface area contributed by atoms with E-state index < -0.39 is 17.7 Å². The Morgan fingerprint density at radius 1 is 1.22 bits per heavy atom. The highest BCUT2D eigenvalue weighted by molar-refractivity contribution is 5.80. The van der Waals surface area contributed by atoms with Gasteiger partial charge in [-0.1, -0.05) is 24.3 Å². The molecular weight excluding hydrogens is 245 g/mol.